The average Bonchev–Trinajstić information content (AvgIpc) is 3.03. The summed E-state index contributed by atoms with van der Waals surface area (Å²) in [4.78, 5) is 35.3. The second kappa shape index (κ2) is 7.38. The van der Waals surface area contributed by atoms with E-state index in [0.717, 1.165) is 24.4 Å². The second-order valence-electron chi connectivity index (χ2n) is 7.02. The number of rotatable bonds is 3. The molecule has 144 valence electrons. The van der Waals surface area contributed by atoms with Crippen molar-refractivity contribution in [3.05, 3.63) is 70.4 Å². The van der Waals surface area contributed by atoms with Crippen LogP contribution in [-0.2, 0) is 7.05 Å². The fraction of sp³-hybridized carbons (Fsp3) is 0.350. The number of likely N-dealkylation sites (tertiary alicyclic amines) is 1. The number of amides is 1. The number of aryl methyl sites for hydroxylation is 2. The maximum absolute atomic E-state index is 12.7. The monoisotopic (exact) mass is 378 g/mol. The number of benzene rings is 1. The third kappa shape index (κ3) is 3.33. The van der Waals surface area contributed by atoms with E-state index in [2.05, 4.69) is 15.1 Å². The van der Waals surface area contributed by atoms with Crippen LogP contribution < -0.4 is 5.69 Å². The number of hydrogen-bond acceptors (Lipinski definition) is 5. The van der Waals surface area contributed by atoms with E-state index in [4.69, 9.17) is 0 Å². The van der Waals surface area contributed by atoms with Gasteiger partial charge in [-0.2, -0.15) is 5.10 Å². The molecule has 0 N–H and O–H groups in total. The molecule has 1 aromatic carbocycles. The molecular weight excluding hydrogens is 356 g/mol. The van der Waals surface area contributed by atoms with Gasteiger partial charge in [0, 0.05) is 38.4 Å². The lowest BCUT2D eigenvalue weighted by Crippen LogP contribution is -2.38. The number of carbonyl (C=O) groups excluding carboxylic acids is 1. The van der Waals surface area contributed by atoms with Gasteiger partial charge >= 0.3 is 5.69 Å². The summed E-state index contributed by atoms with van der Waals surface area (Å²) in [6.07, 6.45) is 4.65. The molecule has 0 spiro atoms. The lowest BCUT2D eigenvalue weighted by molar-refractivity contribution is 0.0709. The van der Waals surface area contributed by atoms with Crippen molar-refractivity contribution in [1.82, 2.24) is 29.2 Å². The van der Waals surface area contributed by atoms with Crippen LogP contribution >= 0.6 is 0 Å². The molecule has 1 fully saturated rings. The Bertz CT molecular complexity index is 1030. The summed E-state index contributed by atoms with van der Waals surface area (Å²) in [6, 6.07) is 9.54. The predicted molar refractivity (Wildman–Crippen MR) is 103 cm³/mol. The normalized spacial score (nSPS) is 15.0. The summed E-state index contributed by atoms with van der Waals surface area (Å²) < 4.78 is 3.06. The summed E-state index contributed by atoms with van der Waals surface area (Å²) in [5, 5.41) is 4.49. The largest absolute Gasteiger partial charge is 0.350 e. The minimum atomic E-state index is -0.156. The first-order valence-electron chi connectivity index (χ1n) is 9.34. The van der Waals surface area contributed by atoms with Gasteiger partial charge in [0.2, 0.25) is 0 Å². The zero-order valence-electron chi connectivity index (χ0n) is 15.9. The zero-order valence-corrected chi connectivity index (χ0v) is 15.9. The summed E-state index contributed by atoms with van der Waals surface area (Å²) in [6.45, 7) is 3.01. The molecule has 0 radical (unpaired) electrons. The topological polar surface area (TPSA) is 85.9 Å². The molecule has 0 bridgehead atoms. The minimum Gasteiger partial charge on any atom is -0.339 e. The van der Waals surface area contributed by atoms with Gasteiger partial charge in [-0.05, 0) is 31.9 Å². The maximum Gasteiger partial charge on any atom is 0.350 e. The number of piperidine rings is 1. The number of aromatic nitrogens is 5. The fourth-order valence-corrected chi connectivity index (χ4v) is 3.59. The Balaban J connectivity index is 1.53. The molecule has 8 nitrogen and oxygen atoms in total. The molecular formula is C20H22N6O2. The number of para-hydroxylation sites is 1. The third-order valence-corrected chi connectivity index (χ3v) is 5.14. The van der Waals surface area contributed by atoms with Crippen LogP contribution in [-0.4, -0.2) is 48.2 Å². The Morgan fingerprint density at radius 2 is 1.71 bits per heavy atom. The predicted octanol–water partition coefficient (Wildman–Crippen LogP) is 1.69. The average molecular weight is 378 g/mol. The van der Waals surface area contributed by atoms with Crippen molar-refractivity contribution in [3.63, 3.8) is 0 Å². The van der Waals surface area contributed by atoms with Crippen LogP contribution in [0.25, 0.3) is 5.69 Å². The third-order valence-electron chi connectivity index (χ3n) is 5.14. The van der Waals surface area contributed by atoms with Crippen LogP contribution in [0.15, 0.2) is 47.5 Å². The summed E-state index contributed by atoms with van der Waals surface area (Å²) >= 11 is 0. The summed E-state index contributed by atoms with van der Waals surface area (Å²) in [5.74, 6) is 1.46. The molecule has 1 saturated heterocycles. The van der Waals surface area contributed by atoms with Gasteiger partial charge in [-0.3, -0.25) is 4.79 Å². The van der Waals surface area contributed by atoms with Crippen molar-refractivity contribution in [2.45, 2.75) is 25.7 Å². The Morgan fingerprint density at radius 1 is 1.07 bits per heavy atom. The van der Waals surface area contributed by atoms with Crippen molar-refractivity contribution in [2.75, 3.05) is 13.1 Å². The lowest BCUT2D eigenvalue weighted by atomic mass is 9.95. The van der Waals surface area contributed by atoms with Crippen molar-refractivity contribution in [3.8, 4) is 5.69 Å². The molecule has 2 aromatic heterocycles. The van der Waals surface area contributed by atoms with E-state index >= 15 is 0 Å². The smallest absolute Gasteiger partial charge is 0.339 e. The zero-order chi connectivity index (χ0) is 19.7. The van der Waals surface area contributed by atoms with Crippen molar-refractivity contribution in [1.29, 1.82) is 0 Å². The SMILES string of the molecule is Cc1ncc(C(=O)N2CCC(c3nn(C)c(=O)n3-c3ccccc3)CC2)cn1. The van der Waals surface area contributed by atoms with E-state index in [1.54, 1.807) is 30.9 Å². The first-order chi connectivity index (χ1) is 13.5. The van der Waals surface area contributed by atoms with Gasteiger partial charge in [0.05, 0.1) is 11.3 Å². The Labute approximate surface area is 162 Å². The Kier molecular flexibility index (Phi) is 4.77. The van der Waals surface area contributed by atoms with Crippen molar-refractivity contribution < 1.29 is 4.79 Å². The Morgan fingerprint density at radius 3 is 2.36 bits per heavy atom. The van der Waals surface area contributed by atoms with Gasteiger partial charge in [-0.1, -0.05) is 18.2 Å². The molecule has 28 heavy (non-hydrogen) atoms. The molecule has 8 heteroatoms. The molecule has 3 heterocycles. The number of nitrogens with zero attached hydrogens (tertiary/aromatic N) is 6. The summed E-state index contributed by atoms with van der Waals surface area (Å²) in [7, 11) is 1.67. The molecule has 0 aliphatic carbocycles. The summed E-state index contributed by atoms with van der Waals surface area (Å²) in [5.41, 5.74) is 1.16. The lowest BCUT2D eigenvalue weighted by Gasteiger charge is -2.31. The van der Waals surface area contributed by atoms with Crippen LogP contribution in [0.4, 0.5) is 0 Å². The van der Waals surface area contributed by atoms with Gasteiger partial charge in [-0.25, -0.2) is 24.0 Å². The van der Waals surface area contributed by atoms with Crippen LogP contribution in [0.1, 0.15) is 40.8 Å². The molecule has 1 aliphatic rings. The van der Waals surface area contributed by atoms with Crippen LogP contribution in [0.5, 0.6) is 0 Å². The van der Waals surface area contributed by atoms with E-state index < -0.39 is 0 Å². The maximum atomic E-state index is 12.7. The molecule has 1 aliphatic heterocycles. The van der Waals surface area contributed by atoms with Crippen molar-refractivity contribution >= 4 is 5.91 Å². The van der Waals surface area contributed by atoms with E-state index in [-0.39, 0.29) is 17.5 Å². The molecule has 3 aromatic rings. The standard InChI is InChI=1S/C20H22N6O2/c1-14-21-12-16(13-22-14)19(27)25-10-8-15(9-11-25)18-23-24(2)20(28)26(18)17-6-4-3-5-7-17/h3-7,12-13,15H,8-11H2,1-2H3. The van der Waals surface area contributed by atoms with Crippen LogP contribution in [0, 0.1) is 6.92 Å². The van der Waals surface area contributed by atoms with Gasteiger partial charge in [-0.15, -0.1) is 0 Å². The quantitative estimate of drug-likeness (QED) is 0.692. The van der Waals surface area contributed by atoms with Gasteiger partial charge in [0.1, 0.15) is 11.6 Å². The molecule has 4 rings (SSSR count). The molecule has 0 atom stereocenters. The number of carbonyl (C=O) groups is 1. The molecule has 1 amide bonds. The number of hydrogen-bond donors (Lipinski definition) is 0. The van der Waals surface area contributed by atoms with E-state index in [0.29, 0.717) is 24.5 Å². The van der Waals surface area contributed by atoms with E-state index in [1.165, 1.54) is 4.68 Å². The van der Waals surface area contributed by atoms with Crippen molar-refractivity contribution in [2.24, 2.45) is 7.05 Å². The first-order valence-corrected chi connectivity index (χ1v) is 9.34. The molecule has 0 unspecified atom stereocenters. The van der Waals surface area contributed by atoms with Gasteiger partial charge in [0.25, 0.3) is 5.91 Å². The fourth-order valence-electron chi connectivity index (χ4n) is 3.59. The van der Waals surface area contributed by atoms with Gasteiger partial charge < -0.3 is 4.90 Å². The first kappa shape index (κ1) is 18.1. The minimum absolute atomic E-state index is 0.0556. The van der Waals surface area contributed by atoms with E-state index in [1.807, 2.05) is 35.2 Å². The second-order valence-corrected chi connectivity index (χ2v) is 7.02. The van der Waals surface area contributed by atoms with Crippen LogP contribution in [0.3, 0.4) is 0 Å². The highest BCUT2D eigenvalue weighted by atomic mass is 16.2. The highest BCUT2D eigenvalue weighted by Crippen LogP contribution is 2.28. The highest BCUT2D eigenvalue weighted by Gasteiger charge is 2.29. The highest BCUT2D eigenvalue weighted by molar-refractivity contribution is 5.93. The Hall–Kier alpha value is -3.29. The molecule has 0 saturated carbocycles. The van der Waals surface area contributed by atoms with E-state index in [9.17, 15) is 9.59 Å². The van der Waals surface area contributed by atoms with Crippen LogP contribution in [0.2, 0.25) is 0 Å². The van der Waals surface area contributed by atoms with Gasteiger partial charge in [0.15, 0.2) is 0 Å².